The normalized spacial score (nSPS) is 11.9. The monoisotopic (exact) mass is 280 g/mol. The first-order valence-electron chi connectivity index (χ1n) is 5.42. The van der Waals surface area contributed by atoms with Gasteiger partial charge in [0, 0.05) is 17.1 Å². The summed E-state index contributed by atoms with van der Waals surface area (Å²) in [7, 11) is 0. The first kappa shape index (κ1) is 12.1. The summed E-state index contributed by atoms with van der Waals surface area (Å²) in [6, 6.07) is 6.90. The third-order valence-corrected chi connectivity index (χ3v) is 3.48. The molecule has 0 spiro atoms. The van der Waals surface area contributed by atoms with Crippen LogP contribution in [0.5, 0.6) is 0 Å². The molecule has 0 saturated carbocycles. The molecule has 0 fully saturated rings. The highest BCUT2D eigenvalue weighted by molar-refractivity contribution is 7.16. The van der Waals surface area contributed by atoms with Crippen molar-refractivity contribution in [3.05, 3.63) is 47.5 Å². The lowest BCUT2D eigenvalue weighted by molar-refractivity contribution is -0.137. The number of fused-ring (bicyclic) bond motifs is 1. The average Bonchev–Trinajstić information content (AvgIpc) is 2.85. The Bertz CT molecular complexity index is 734. The summed E-state index contributed by atoms with van der Waals surface area (Å²) >= 11 is 1.43. The van der Waals surface area contributed by atoms with Gasteiger partial charge in [0.15, 0.2) is 5.82 Å². The van der Waals surface area contributed by atoms with Gasteiger partial charge in [-0.15, -0.1) is 11.3 Å². The fraction of sp³-hybridized carbons (Fsp3) is 0.0769. The molecule has 2 nitrogen and oxygen atoms in total. The highest BCUT2D eigenvalue weighted by Crippen LogP contribution is 2.31. The van der Waals surface area contributed by atoms with Crippen molar-refractivity contribution in [3.63, 3.8) is 0 Å². The van der Waals surface area contributed by atoms with Crippen LogP contribution < -0.4 is 0 Å². The van der Waals surface area contributed by atoms with Gasteiger partial charge in [-0.3, -0.25) is 0 Å². The van der Waals surface area contributed by atoms with Gasteiger partial charge in [-0.25, -0.2) is 9.97 Å². The number of hydrogen-bond donors (Lipinski definition) is 0. The van der Waals surface area contributed by atoms with E-state index in [9.17, 15) is 13.2 Å². The van der Waals surface area contributed by atoms with E-state index >= 15 is 0 Å². The smallest absolute Gasteiger partial charge is 0.236 e. The minimum atomic E-state index is -4.36. The van der Waals surface area contributed by atoms with Gasteiger partial charge in [0.05, 0.1) is 5.56 Å². The summed E-state index contributed by atoms with van der Waals surface area (Å²) in [6.07, 6.45) is -2.74. The third-order valence-electron chi connectivity index (χ3n) is 2.66. The Balaban J connectivity index is 2.10. The zero-order chi connectivity index (χ0) is 13.5. The second kappa shape index (κ2) is 4.31. The molecule has 3 aromatic rings. The Kier molecular flexibility index (Phi) is 2.74. The quantitative estimate of drug-likeness (QED) is 0.661. The number of hydrogen-bond acceptors (Lipinski definition) is 3. The van der Waals surface area contributed by atoms with Crippen molar-refractivity contribution in [2.24, 2.45) is 0 Å². The predicted octanol–water partition coefficient (Wildman–Crippen LogP) is 4.38. The standard InChI is InChI=1S/C13H7F3N2S/c14-13(15,16)10-3-1-2-8(6-10)11-17-7-9-4-5-19-12(9)18-11/h1-7H. The lowest BCUT2D eigenvalue weighted by Gasteiger charge is -2.07. The summed E-state index contributed by atoms with van der Waals surface area (Å²) in [4.78, 5) is 9.14. The molecule has 96 valence electrons. The van der Waals surface area contributed by atoms with Gasteiger partial charge in [-0.1, -0.05) is 12.1 Å². The Morgan fingerprint density at radius 3 is 2.74 bits per heavy atom. The van der Waals surface area contributed by atoms with E-state index in [0.717, 1.165) is 22.3 Å². The summed E-state index contributed by atoms with van der Waals surface area (Å²) in [5.74, 6) is 0.307. The summed E-state index contributed by atoms with van der Waals surface area (Å²) in [5.41, 5.74) is -0.329. The SMILES string of the molecule is FC(F)(F)c1cccc(-c2ncc3ccsc3n2)c1. The molecule has 0 saturated heterocycles. The van der Waals surface area contributed by atoms with E-state index in [1.807, 2.05) is 11.4 Å². The molecular weight excluding hydrogens is 273 g/mol. The molecule has 2 heterocycles. The number of nitrogens with zero attached hydrogens (tertiary/aromatic N) is 2. The summed E-state index contributed by atoms with van der Waals surface area (Å²) in [6.45, 7) is 0. The van der Waals surface area contributed by atoms with E-state index in [1.165, 1.54) is 17.4 Å². The number of halogens is 3. The van der Waals surface area contributed by atoms with Gasteiger partial charge in [-0.05, 0) is 23.6 Å². The molecule has 3 rings (SSSR count). The predicted molar refractivity (Wildman–Crippen MR) is 67.9 cm³/mol. The zero-order valence-corrected chi connectivity index (χ0v) is 10.3. The average molecular weight is 280 g/mol. The first-order valence-corrected chi connectivity index (χ1v) is 6.30. The van der Waals surface area contributed by atoms with Gasteiger partial charge in [0.1, 0.15) is 4.83 Å². The fourth-order valence-electron chi connectivity index (χ4n) is 1.73. The maximum Gasteiger partial charge on any atom is 0.416 e. The van der Waals surface area contributed by atoms with Crippen molar-refractivity contribution in [2.45, 2.75) is 6.18 Å². The van der Waals surface area contributed by atoms with Gasteiger partial charge < -0.3 is 0 Å². The molecular formula is C13H7F3N2S. The van der Waals surface area contributed by atoms with Crippen LogP contribution in [0.3, 0.4) is 0 Å². The lowest BCUT2D eigenvalue weighted by atomic mass is 10.1. The Hall–Kier alpha value is -1.95. The van der Waals surface area contributed by atoms with Crippen LogP contribution in [0.25, 0.3) is 21.6 Å². The highest BCUT2D eigenvalue weighted by atomic mass is 32.1. The van der Waals surface area contributed by atoms with Gasteiger partial charge in [-0.2, -0.15) is 13.2 Å². The fourth-order valence-corrected chi connectivity index (χ4v) is 2.47. The number of thiophene rings is 1. The van der Waals surface area contributed by atoms with Crippen LogP contribution in [-0.2, 0) is 6.18 Å². The minimum Gasteiger partial charge on any atom is -0.236 e. The second-order valence-corrected chi connectivity index (χ2v) is 4.85. The first-order chi connectivity index (χ1) is 9.04. The van der Waals surface area contributed by atoms with E-state index in [0.29, 0.717) is 11.4 Å². The molecule has 2 aromatic heterocycles. The summed E-state index contributed by atoms with van der Waals surface area (Å²) < 4.78 is 37.9. The molecule has 0 radical (unpaired) electrons. The van der Waals surface area contributed by atoms with Crippen molar-refractivity contribution < 1.29 is 13.2 Å². The van der Waals surface area contributed by atoms with Crippen molar-refractivity contribution in [1.82, 2.24) is 9.97 Å². The Morgan fingerprint density at radius 2 is 1.95 bits per heavy atom. The molecule has 0 unspecified atom stereocenters. The van der Waals surface area contributed by atoms with Crippen molar-refractivity contribution >= 4 is 21.6 Å². The van der Waals surface area contributed by atoms with Crippen LogP contribution in [-0.4, -0.2) is 9.97 Å². The van der Waals surface area contributed by atoms with Crippen LogP contribution in [0.15, 0.2) is 41.9 Å². The van der Waals surface area contributed by atoms with E-state index in [1.54, 1.807) is 12.3 Å². The molecule has 1 aromatic carbocycles. The van der Waals surface area contributed by atoms with Gasteiger partial charge >= 0.3 is 6.18 Å². The molecule has 0 N–H and O–H groups in total. The Labute approximate surface area is 110 Å². The zero-order valence-electron chi connectivity index (χ0n) is 9.48. The molecule has 6 heteroatoms. The van der Waals surface area contributed by atoms with E-state index < -0.39 is 11.7 Å². The Morgan fingerprint density at radius 1 is 1.11 bits per heavy atom. The minimum absolute atomic E-state index is 0.307. The maximum absolute atomic E-state index is 12.6. The third kappa shape index (κ3) is 2.31. The summed E-state index contributed by atoms with van der Waals surface area (Å²) in [5, 5.41) is 2.76. The van der Waals surface area contributed by atoms with E-state index in [2.05, 4.69) is 9.97 Å². The molecule has 0 amide bonds. The lowest BCUT2D eigenvalue weighted by Crippen LogP contribution is -2.04. The van der Waals surface area contributed by atoms with Crippen molar-refractivity contribution in [1.29, 1.82) is 0 Å². The number of aromatic nitrogens is 2. The second-order valence-electron chi connectivity index (χ2n) is 3.95. The van der Waals surface area contributed by atoms with Crippen LogP contribution in [0.2, 0.25) is 0 Å². The van der Waals surface area contributed by atoms with Gasteiger partial charge in [0.25, 0.3) is 0 Å². The molecule has 0 aliphatic rings. The topological polar surface area (TPSA) is 25.8 Å². The van der Waals surface area contributed by atoms with Crippen LogP contribution in [0, 0.1) is 0 Å². The maximum atomic E-state index is 12.6. The highest BCUT2D eigenvalue weighted by Gasteiger charge is 2.30. The molecule has 0 aliphatic heterocycles. The number of alkyl halides is 3. The van der Waals surface area contributed by atoms with Crippen LogP contribution >= 0.6 is 11.3 Å². The van der Waals surface area contributed by atoms with Crippen LogP contribution in [0.1, 0.15) is 5.56 Å². The van der Waals surface area contributed by atoms with Crippen LogP contribution in [0.4, 0.5) is 13.2 Å². The van der Waals surface area contributed by atoms with Crippen molar-refractivity contribution in [3.8, 4) is 11.4 Å². The molecule has 0 atom stereocenters. The van der Waals surface area contributed by atoms with E-state index in [4.69, 9.17) is 0 Å². The van der Waals surface area contributed by atoms with Crippen molar-refractivity contribution in [2.75, 3.05) is 0 Å². The molecule has 0 bridgehead atoms. The molecule has 0 aliphatic carbocycles. The largest absolute Gasteiger partial charge is 0.416 e. The number of rotatable bonds is 1. The number of benzene rings is 1. The van der Waals surface area contributed by atoms with E-state index in [-0.39, 0.29) is 0 Å². The van der Waals surface area contributed by atoms with Gasteiger partial charge in [0.2, 0.25) is 0 Å². The molecule has 19 heavy (non-hydrogen) atoms.